The van der Waals surface area contributed by atoms with Gasteiger partial charge in [0, 0.05) is 0 Å². The molecule has 24 heavy (non-hydrogen) atoms. The lowest BCUT2D eigenvalue weighted by atomic mass is 10.1. The third-order valence-corrected chi connectivity index (χ3v) is 2.82. The van der Waals surface area contributed by atoms with Gasteiger partial charge in [-0.3, -0.25) is 0 Å². The SMILES string of the molecule is C=CCc1ccc(OC(=O)C(F)(F)C(F)(F)C(F)(F)F)c(OC)c1. The number of esters is 1. The fraction of sp³-hybridized carbons (Fsp3) is 0.357. The molecule has 0 aliphatic carbocycles. The summed E-state index contributed by atoms with van der Waals surface area (Å²) < 4.78 is 96.9. The summed E-state index contributed by atoms with van der Waals surface area (Å²) >= 11 is 0. The predicted molar refractivity (Wildman–Crippen MR) is 68.5 cm³/mol. The molecule has 0 aliphatic heterocycles. The van der Waals surface area contributed by atoms with Crippen molar-refractivity contribution in [1.82, 2.24) is 0 Å². The molecule has 10 heteroatoms. The highest BCUT2D eigenvalue weighted by Crippen LogP contribution is 2.47. The average molecular weight is 360 g/mol. The molecule has 0 heterocycles. The van der Waals surface area contributed by atoms with Crippen molar-refractivity contribution in [3.63, 3.8) is 0 Å². The van der Waals surface area contributed by atoms with E-state index < -0.39 is 29.7 Å². The van der Waals surface area contributed by atoms with Crippen LogP contribution in [0.25, 0.3) is 0 Å². The lowest BCUT2D eigenvalue weighted by Gasteiger charge is -2.26. The molecule has 0 aromatic heterocycles. The van der Waals surface area contributed by atoms with E-state index in [0.29, 0.717) is 12.0 Å². The van der Waals surface area contributed by atoms with Crippen LogP contribution < -0.4 is 9.47 Å². The van der Waals surface area contributed by atoms with Crippen molar-refractivity contribution in [2.45, 2.75) is 24.4 Å². The van der Waals surface area contributed by atoms with Crippen LogP contribution in [0.2, 0.25) is 0 Å². The van der Waals surface area contributed by atoms with Crippen LogP contribution in [0.3, 0.4) is 0 Å². The van der Waals surface area contributed by atoms with Gasteiger partial charge in [0.15, 0.2) is 11.5 Å². The van der Waals surface area contributed by atoms with Crippen molar-refractivity contribution in [2.75, 3.05) is 7.11 Å². The zero-order chi connectivity index (χ0) is 18.8. The van der Waals surface area contributed by atoms with E-state index in [9.17, 15) is 35.5 Å². The first-order valence-corrected chi connectivity index (χ1v) is 6.21. The van der Waals surface area contributed by atoms with Gasteiger partial charge in [-0.2, -0.15) is 30.7 Å². The largest absolute Gasteiger partial charge is 0.493 e. The van der Waals surface area contributed by atoms with Crippen molar-refractivity contribution in [1.29, 1.82) is 0 Å². The van der Waals surface area contributed by atoms with E-state index in [4.69, 9.17) is 4.74 Å². The molecule has 0 bridgehead atoms. The Morgan fingerprint density at radius 3 is 2.17 bits per heavy atom. The van der Waals surface area contributed by atoms with Crippen LogP contribution in [-0.4, -0.2) is 31.1 Å². The molecular weight excluding hydrogens is 349 g/mol. The van der Waals surface area contributed by atoms with Gasteiger partial charge in [0.1, 0.15) is 0 Å². The summed E-state index contributed by atoms with van der Waals surface area (Å²) in [6, 6.07) is 3.43. The molecule has 0 amide bonds. The molecule has 0 saturated heterocycles. The first-order chi connectivity index (χ1) is 10.9. The van der Waals surface area contributed by atoms with E-state index in [0.717, 1.165) is 13.2 Å². The number of ether oxygens (including phenoxy) is 2. The van der Waals surface area contributed by atoms with E-state index in [1.54, 1.807) is 0 Å². The number of benzene rings is 1. The molecule has 1 rings (SSSR count). The number of rotatable bonds is 6. The Bertz CT molecular complexity index is 623. The number of alkyl halides is 7. The summed E-state index contributed by atoms with van der Waals surface area (Å²) in [7, 11) is 1.06. The average Bonchev–Trinajstić information content (AvgIpc) is 2.47. The maximum Gasteiger partial charge on any atom is 0.460 e. The first-order valence-electron chi connectivity index (χ1n) is 6.21. The highest BCUT2D eigenvalue weighted by atomic mass is 19.4. The molecule has 0 N–H and O–H groups in total. The summed E-state index contributed by atoms with van der Waals surface area (Å²) in [5.41, 5.74) is 0.550. The van der Waals surface area contributed by atoms with E-state index in [-0.39, 0.29) is 5.75 Å². The monoisotopic (exact) mass is 360 g/mol. The second-order valence-electron chi connectivity index (χ2n) is 4.51. The van der Waals surface area contributed by atoms with Gasteiger partial charge in [-0.25, -0.2) is 4.79 Å². The Kier molecular flexibility index (Phi) is 5.52. The zero-order valence-electron chi connectivity index (χ0n) is 12.1. The molecule has 3 nitrogen and oxygen atoms in total. The predicted octanol–water partition coefficient (Wildman–Crippen LogP) is 4.16. The Morgan fingerprint density at radius 1 is 1.12 bits per heavy atom. The van der Waals surface area contributed by atoms with Gasteiger partial charge in [-0.1, -0.05) is 12.1 Å². The Balaban J connectivity index is 3.12. The smallest absolute Gasteiger partial charge is 0.460 e. The summed E-state index contributed by atoms with van der Waals surface area (Å²) in [6.45, 7) is 3.45. The Morgan fingerprint density at radius 2 is 1.71 bits per heavy atom. The minimum Gasteiger partial charge on any atom is -0.493 e. The van der Waals surface area contributed by atoms with Crippen LogP contribution in [0.15, 0.2) is 30.9 Å². The molecule has 0 radical (unpaired) electrons. The van der Waals surface area contributed by atoms with Crippen molar-refractivity contribution >= 4 is 5.97 Å². The standard InChI is InChI=1S/C14H11F7O3/c1-3-4-8-5-6-9(10(7-8)23-2)24-11(22)12(15,16)13(17,18)14(19,20)21/h3,5-7H,1,4H2,2H3. The summed E-state index contributed by atoms with van der Waals surface area (Å²) in [5.74, 6) is -16.8. The quantitative estimate of drug-likeness (QED) is 0.331. The lowest BCUT2D eigenvalue weighted by Crippen LogP contribution is -2.57. The van der Waals surface area contributed by atoms with Crippen LogP contribution in [0.5, 0.6) is 11.5 Å². The zero-order valence-corrected chi connectivity index (χ0v) is 12.1. The minimum atomic E-state index is -6.63. The number of hydrogen-bond donors (Lipinski definition) is 0. The van der Waals surface area contributed by atoms with Gasteiger partial charge in [-0.05, 0) is 24.1 Å². The topological polar surface area (TPSA) is 35.5 Å². The fourth-order valence-electron chi connectivity index (χ4n) is 1.56. The van der Waals surface area contributed by atoms with Crippen LogP contribution in [-0.2, 0) is 11.2 Å². The number of carbonyl (C=O) groups is 1. The highest BCUT2D eigenvalue weighted by molar-refractivity contribution is 5.82. The maximum absolute atomic E-state index is 13.2. The van der Waals surface area contributed by atoms with Gasteiger partial charge in [0.05, 0.1) is 7.11 Å². The van der Waals surface area contributed by atoms with Crippen LogP contribution >= 0.6 is 0 Å². The molecule has 1 aromatic carbocycles. The summed E-state index contributed by atoms with van der Waals surface area (Å²) in [6.07, 6.45) is -4.82. The second kappa shape index (κ2) is 6.70. The van der Waals surface area contributed by atoms with Crippen molar-refractivity contribution in [3.8, 4) is 11.5 Å². The summed E-state index contributed by atoms with van der Waals surface area (Å²) in [4.78, 5) is 11.2. The Labute approximate surface area is 131 Å². The third-order valence-electron chi connectivity index (χ3n) is 2.82. The van der Waals surface area contributed by atoms with Gasteiger partial charge in [-0.15, -0.1) is 6.58 Å². The molecule has 134 valence electrons. The van der Waals surface area contributed by atoms with Gasteiger partial charge < -0.3 is 9.47 Å². The number of allylic oxidation sites excluding steroid dienone is 1. The molecule has 1 aromatic rings. The third kappa shape index (κ3) is 3.62. The first kappa shape index (κ1) is 19.8. The number of methoxy groups -OCH3 is 1. The molecule has 0 spiro atoms. The lowest BCUT2D eigenvalue weighted by molar-refractivity contribution is -0.346. The normalized spacial score (nSPS) is 12.7. The molecule has 0 fully saturated rings. The highest BCUT2D eigenvalue weighted by Gasteiger charge is 2.77. The molecular formula is C14H11F7O3. The van der Waals surface area contributed by atoms with E-state index in [2.05, 4.69) is 11.3 Å². The number of carbonyl (C=O) groups excluding carboxylic acids is 1. The maximum atomic E-state index is 13.2. The van der Waals surface area contributed by atoms with Crippen LogP contribution in [0.4, 0.5) is 30.7 Å². The van der Waals surface area contributed by atoms with Gasteiger partial charge >= 0.3 is 24.0 Å². The van der Waals surface area contributed by atoms with Crippen molar-refractivity contribution in [2.24, 2.45) is 0 Å². The molecule has 0 aliphatic rings. The fourth-order valence-corrected chi connectivity index (χ4v) is 1.56. The van der Waals surface area contributed by atoms with Crippen molar-refractivity contribution < 1.29 is 45.0 Å². The number of hydrogen-bond acceptors (Lipinski definition) is 3. The van der Waals surface area contributed by atoms with Gasteiger partial charge in [0.2, 0.25) is 0 Å². The Hall–Kier alpha value is -2.26. The van der Waals surface area contributed by atoms with Crippen molar-refractivity contribution in [3.05, 3.63) is 36.4 Å². The van der Waals surface area contributed by atoms with Crippen LogP contribution in [0.1, 0.15) is 5.56 Å². The molecule has 0 atom stereocenters. The second-order valence-corrected chi connectivity index (χ2v) is 4.51. The van der Waals surface area contributed by atoms with E-state index in [1.165, 1.54) is 18.2 Å². The van der Waals surface area contributed by atoms with Gasteiger partial charge in [0.25, 0.3) is 0 Å². The molecule has 0 unspecified atom stereocenters. The van der Waals surface area contributed by atoms with E-state index >= 15 is 0 Å². The summed E-state index contributed by atoms with van der Waals surface area (Å²) in [5, 5.41) is 0. The van der Waals surface area contributed by atoms with E-state index in [1.807, 2.05) is 0 Å². The van der Waals surface area contributed by atoms with Crippen LogP contribution in [0, 0.1) is 0 Å². The molecule has 0 saturated carbocycles. The number of halogens is 7. The minimum absolute atomic E-state index is 0.297.